The molecule has 0 atom stereocenters. The number of imide groups is 1. The molecule has 33 heavy (non-hydrogen) atoms. The van der Waals surface area contributed by atoms with Crippen molar-refractivity contribution in [3.8, 4) is 11.5 Å². The topological polar surface area (TPSA) is 55.8 Å². The zero-order chi connectivity index (χ0) is 23.2. The van der Waals surface area contributed by atoms with E-state index in [0.717, 1.165) is 22.9 Å². The number of benzene rings is 3. The van der Waals surface area contributed by atoms with E-state index in [1.807, 2.05) is 48.5 Å². The lowest BCUT2D eigenvalue weighted by Crippen LogP contribution is -2.32. The standard InChI is InChI=1S/C25H19Cl2NO4S/c26-19-9-8-18(22(27)15-19)16-32-21-10-6-17(7-11-21)14-23-24(29)28(25(30)33-23)12-13-31-20-4-2-1-3-5-20/h1-11,14-15H,12-13,16H2/b23-14-. The van der Waals surface area contributed by atoms with Gasteiger partial charge in [0.1, 0.15) is 24.7 Å². The quantitative estimate of drug-likeness (QED) is 0.323. The van der Waals surface area contributed by atoms with Gasteiger partial charge in [0.2, 0.25) is 0 Å². The van der Waals surface area contributed by atoms with Gasteiger partial charge in [0.25, 0.3) is 11.1 Å². The maximum atomic E-state index is 12.7. The second-order valence-corrected chi connectivity index (χ2v) is 8.93. The molecule has 1 aliphatic rings. The highest BCUT2D eigenvalue weighted by Crippen LogP contribution is 2.32. The van der Waals surface area contributed by atoms with Crippen LogP contribution in [0.5, 0.6) is 11.5 Å². The van der Waals surface area contributed by atoms with Gasteiger partial charge in [-0.3, -0.25) is 14.5 Å². The van der Waals surface area contributed by atoms with Crippen LogP contribution in [0.1, 0.15) is 11.1 Å². The molecule has 0 unspecified atom stereocenters. The largest absolute Gasteiger partial charge is 0.492 e. The molecule has 1 heterocycles. The summed E-state index contributed by atoms with van der Waals surface area (Å²) in [5.74, 6) is 1.03. The van der Waals surface area contributed by atoms with Crippen LogP contribution in [0.2, 0.25) is 10.0 Å². The summed E-state index contributed by atoms with van der Waals surface area (Å²) in [7, 11) is 0. The molecule has 0 saturated carbocycles. The Morgan fingerprint density at radius 3 is 2.33 bits per heavy atom. The fourth-order valence-electron chi connectivity index (χ4n) is 3.08. The normalized spacial score (nSPS) is 14.7. The molecule has 5 nitrogen and oxygen atoms in total. The summed E-state index contributed by atoms with van der Waals surface area (Å²) in [6.07, 6.45) is 1.70. The number of thioether (sulfide) groups is 1. The molecule has 3 aromatic rings. The van der Waals surface area contributed by atoms with Crippen molar-refractivity contribution in [2.45, 2.75) is 6.61 Å². The van der Waals surface area contributed by atoms with E-state index in [1.165, 1.54) is 4.90 Å². The van der Waals surface area contributed by atoms with Crippen LogP contribution in [0.4, 0.5) is 4.79 Å². The van der Waals surface area contributed by atoms with Crippen molar-refractivity contribution in [2.75, 3.05) is 13.2 Å². The highest BCUT2D eigenvalue weighted by atomic mass is 35.5. The Bertz CT molecular complexity index is 1180. The van der Waals surface area contributed by atoms with E-state index in [-0.39, 0.29) is 24.3 Å². The first-order valence-electron chi connectivity index (χ1n) is 10.1. The highest BCUT2D eigenvalue weighted by Gasteiger charge is 2.34. The van der Waals surface area contributed by atoms with Gasteiger partial charge in [-0.15, -0.1) is 0 Å². The van der Waals surface area contributed by atoms with Gasteiger partial charge in [-0.1, -0.05) is 59.6 Å². The number of halogens is 2. The Labute approximate surface area is 205 Å². The third-order valence-corrected chi connectivity index (χ3v) is 6.28. The van der Waals surface area contributed by atoms with Gasteiger partial charge >= 0.3 is 0 Å². The summed E-state index contributed by atoms with van der Waals surface area (Å²) in [5, 5.41) is 0.813. The fraction of sp³-hybridized carbons (Fsp3) is 0.120. The number of carbonyl (C=O) groups excluding carboxylic acids is 2. The summed E-state index contributed by atoms with van der Waals surface area (Å²) in [4.78, 5) is 26.5. The zero-order valence-corrected chi connectivity index (χ0v) is 19.7. The van der Waals surface area contributed by atoms with Gasteiger partial charge in [-0.2, -0.15) is 0 Å². The monoisotopic (exact) mass is 499 g/mol. The van der Waals surface area contributed by atoms with Crippen LogP contribution in [0.3, 0.4) is 0 Å². The zero-order valence-electron chi connectivity index (χ0n) is 17.4. The number of rotatable bonds is 8. The van der Waals surface area contributed by atoms with Crippen molar-refractivity contribution in [3.05, 3.63) is 98.9 Å². The second-order valence-electron chi connectivity index (χ2n) is 7.09. The van der Waals surface area contributed by atoms with Gasteiger partial charge in [0, 0.05) is 15.6 Å². The van der Waals surface area contributed by atoms with Crippen molar-refractivity contribution in [1.82, 2.24) is 4.90 Å². The Hall–Kier alpha value is -2.93. The predicted octanol–water partition coefficient (Wildman–Crippen LogP) is 6.69. The molecule has 1 fully saturated rings. The fourth-order valence-corrected chi connectivity index (χ4v) is 4.40. The van der Waals surface area contributed by atoms with Gasteiger partial charge in [0.05, 0.1) is 11.4 Å². The van der Waals surface area contributed by atoms with Crippen LogP contribution in [-0.4, -0.2) is 29.2 Å². The molecule has 0 spiro atoms. The van der Waals surface area contributed by atoms with Crippen LogP contribution in [-0.2, 0) is 11.4 Å². The molecule has 3 aromatic carbocycles. The van der Waals surface area contributed by atoms with E-state index in [2.05, 4.69) is 0 Å². The third-order valence-electron chi connectivity index (χ3n) is 4.79. The molecule has 0 radical (unpaired) electrons. The SMILES string of the molecule is O=C1S/C(=C\c2ccc(OCc3ccc(Cl)cc3Cl)cc2)C(=O)N1CCOc1ccccc1. The van der Waals surface area contributed by atoms with Crippen LogP contribution >= 0.6 is 35.0 Å². The van der Waals surface area contributed by atoms with Gasteiger partial charge in [-0.05, 0) is 59.8 Å². The highest BCUT2D eigenvalue weighted by molar-refractivity contribution is 8.18. The Kier molecular flexibility index (Phi) is 7.60. The molecular formula is C25H19Cl2NO4S. The Morgan fingerprint density at radius 2 is 1.61 bits per heavy atom. The lowest BCUT2D eigenvalue weighted by atomic mass is 10.2. The summed E-state index contributed by atoms with van der Waals surface area (Å²) in [6, 6.07) is 21.8. The molecule has 8 heteroatoms. The van der Waals surface area contributed by atoms with E-state index >= 15 is 0 Å². The number of ether oxygens (including phenoxy) is 2. The molecule has 0 aromatic heterocycles. The molecule has 168 valence electrons. The minimum absolute atomic E-state index is 0.191. The lowest BCUT2D eigenvalue weighted by molar-refractivity contribution is -0.123. The average molecular weight is 500 g/mol. The first kappa shape index (κ1) is 23.2. The van der Waals surface area contributed by atoms with Crippen LogP contribution in [0, 0.1) is 0 Å². The molecule has 0 aliphatic carbocycles. The average Bonchev–Trinajstić information content (AvgIpc) is 3.07. The third kappa shape index (κ3) is 6.11. The predicted molar refractivity (Wildman–Crippen MR) is 132 cm³/mol. The number of carbonyl (C=O) groups is 2. The second kappa shape index (κ2) is 10.8. The van der Waals surface area contributed by atoms with Crippen molar-refractivity contribution in [1.29, 1.82) is 0 Å². The van der Waals surface area contributed by atoms with E-state index in [9.17, 15) is 9.59 Å². The summed E-state index contributed by atoms with van der Waals surface area (Å²) in [5.41, 5.74) is 1.62. The molecule has 2 amide bonds. The molecule has 4 rings (SSSR count). The van der Waals surface area contributed by atoms with Gasteiger partial charge in [0.15, 0.2) is 0 Å². The van der Waals surface area contributed by atoms with E-state index in [1.54, 1.807) is 30.3 Å². The number of nitrogens with zero attached hydrogens (tertiary/aromatic N) is 1. The Balaban J connectivity index is 1.33. The van der Waals surface area contributed by atoms with E-state index < -0.39 is 0 Å². The smallest absolute Gasteiger partial charge is 0.293 e. The van der Waals surface area contributed by atoms with Crippen molar-refractivity contribution < 1.29 is 19.1 Å². The number of amides is 2. The first-order valence-corrected chi connectivity index (χ1v) is 11.7. The maximum absolute atomic E-state index is 12.7. The van der Waals surface area contributed by atoms with Gasteiger partial charge < -0.3 is 9.47 Å². The Morgan fingerprint density at radius 1 is 0.879 bits per heavy atom. The van der Waals surface area contributed by atoms with E-state index in [0.29, 0.717) is 33.1 Å². The first-order chi connectivity index (χ1) is 16.0. The van der Waals surface area contributed by atoms with Crippen molar-refractivity contribution in [3.63, 3.8) is 0 Å². The number of hydrogen-bond acceptors (Lipinski definition) is 5. The molecule has 0 N–H and O–H groups in total. The minimum atomic E-state index is -0.320. The number of hydrogen-bond donors (Lipinski definition) is 0. The minimum Gasteiger partial charge on any atom is -0.492 e. The molecular weight excluding hydrogens is 481 g/mol. The van der Waals surface area contributed by atoms with Crippen molar-refractivity contribution >= 4 is 52.2 Å². The maximum Gasteiger partial charge on any atom is 0.293 e. The molecule has 0 bridgehead atoms. The van der Waals surface area contributed by atoms with Gasteiger partial charge in [-0.25, -0.2) is 0 Å². The summed E-state index contributed by atoms with van der Waals surface area (Å²) < 4.78 is 11.4. The molecule has 1 aliphatic heterocycles. The van der Waals surface area contributed by atoms with Crippen LogP contribution in [0.25, 0.3) is 6.08 Å². The summed E-state index contributed by atoms with van der Waals surface area (Å²) >= 11 is 13.0. The van der Waals surface area contributed by atoms with E-state index in [4.69, 9.17) is 32.7 Å². The molecule has 1 saturated heterocycles. The summed E-state index contributed by atoms with van der Waals surface area (Å²) in [6.45, 7) is 0.731. The lowest BCUT2D eigenvalue weighted by Gasteiger charge is -2.13. The number of para-hydroxylation sites is 1. The van der Waals surface area contributed by atoms with Crippen LogP contribution < -0.4 is 9.47 Å². The van der Waals surface area contributed by atoms with Crippen molar-refractivity contribution in [2.24, 2.45) is 0 Å². The van der Waals surface area contributed by atoms with Crippen LogP contribution in [0.15, 0.2) is 77.7 Å².